The number of hydrogen-bond donors (Lipinski definition) is 0. The molecule has 6 aromatic carbocycles. The Morgan fingerprint density at radius 2 is 1.30 bits per heavy atom. The van der Waals surface area contributed by atoms with Gasteiger partial charge in [-0.3, -0.25) is 4.57 Å². The quantitative estimate of drug-likeness (QED) is 0.170. The SMILES string of the molecule is [2H]c1c([2H])c([2H])c2c(c1[2H])c1ccc(Oc3cccc(N4CN(c5cc(C(C)(C)C)cc(C(C)(C)C)c5)c5ccccc54)c3)cc1n2-c1cc(-c2ccccc2)c(C([2H])([2H])[2H])cn1. The van der Waals surface area contributed by atoms with E-state index in [9.17, 15) is 0 Å². The van der Waals surface area contributed by atoms with Crippen LogP contribution in [0.5, 0.6) is 11.5 Å². The van der Waals surface area contributed by atoms with Gasteiger partial charge in [-0.2, -0.15) is 0 Å². The van der Waals surface area contributed by atoms with Crippen LogP contribution in [0.25, 0.3) is 38.8 Å². The van der Waals surface area contributed by atoms with Crippen LogP contribution < -0.4 is 14.5 Å². The smallest absolute Gasteiger partial charge is 0.138 e. The first-order valence-electron chi connectivity index (χ1n) is 22.5. The summed E-state index contributed by atoms with van der Waals surface area (Å²) in [6, 6.07) is 38.5. The molecule has 0 amide bonds. The lowest BCUT2D eigenvalue weighted by Gasteiger charge is -2.29. The second kappa shape index (κ2) is 13.5. The van der Waals surface area contributed by atoms with Gasteiger partial charge in [0.25, 0.3) is 0 Å². The highest BCUT2D eigenvalue weighted by Crippen LogP contribution is 2.46. The van der Waals surface area contributed by atoms with Crippen molar-refractivity contribution in [3.63, 3.8) is 0 Å². The number of nitrogens with zero attached hydrogens (tertiary/aromatic N) is 4. The molecule has 0 saturated heterocycles. The van der Waals surface area contributed by atoms with Gasteiger partial charge in [-0.1, -0.05) is 114 Å². The lowest BCUT2D eigenvalue weighted by molar-refractivity contribution is 0.483. The Bertz CT molecular complexity index is 3060. The van der Waals surface area contributed by atoms with E-state index in [1.165, 1.54) is 17.3 Å². The Morgan fingerprint density at radius 1 is 0.625 bits per heavy atom. The highest BCUT2D eigenvalue weighted by Gasteiger charge is 2.30. The van der Waals surface area contributed by atoms with Gasteiger partial charge in [0.15, 0.2) is 0 Å². The molecular formula is C51H48N4O. The van der Waals surface area contributed by atoms with Gasteiger partial charge in [-0.05, 0) is 106 Å². The molecule has 0 radical (unpaired) electrons. The zero-order valence-electron chi connectivity index (χ0n) is 39.5. The van der Waals surface area contributed by atoms with Crippen LogP contribution in [0.4, 0.5) is 22.7 Å². The third-order valence-corrected chi connectivity index (χ3v) is 10.6. The Hall–Kier alpha value is -6.33. The highest BCUT2D eigenvalue weighted by molar-refractivity contribution is 6.09. The predicted octanol–water partition coefficient (Wildman–Crippen LogP) is 13.8. The second-order valence-electron chi connectivity index (χ2n) is 16.5. The van der Waals surface area contributed by atoms with E-state index in [0.29, 0.717) is 51.4 Å². The molecule has 9 rings (SSSR count). The molecule has 0 spiro atoms. The van der Waals surface area contributed by atoms with Crippen LogP contribution >= 0.6 is 0 Å². The van der Waals surface area contributed by atoms with E-state index in [2.05, 4.69) is 105 Å². The third kappa shape index (κ3) is 6.37. The molecule has 0 fully saturated rings. The third-order valence-electron chi connectivity index (χ3n) is 10.6. The van der Waals surface area contributed by atoms with Gasteiger partial charge in [0.1, 0.15) is 24.0 Å². The zero-order chi connectivity index (χ0) is 44.7. The van der Waals surface area contributed by atoms with Crippen molar-refractivity contribution < 1.29 is 14.3 Å². The molecule has 278 valence electrons. The number of anilines is 4. The topological polar surface area (TPSA) is 33.5 Å². The van der Waals surface area contributed by atoms with Crippen molar-refractivity contribution in [2.75, 3.05) is 16.5 Å². The molecule has 1 aliphatic heterocycles. The van der Waals surface area contributed by atoms with E-state index in [1.54, 1.807) is 28.8 Å². The van der Waals surface area contributed by atoms with Crippen molar-refractivity contribution in [3.8, 4) is 28.4 Å². The molecule has 5 nitrogen and oxygen atoms in total. The molecule has 0 aliphatic carbocycles. The van der Waals surface area contributed by atoms with E-state index in [4.69, 9.17) is 14.3 Å². The van der Waals surface area contributed by atoms with E-state index in [-0.39, 0.29) is 46.1 Å². The van der Waals surface area contributed by atoms with Crippen molar-refractivity contribution in [2.24, 2.45) is 0 Å². The van der Waals surface area contributed by atoms with Gasteiger partial charge < -0.3 is 14.5 Å². The minimum Gasteiger partial charge on any atom is -0.457 e. The summed E-state index contributed by atoms with van der Waals surface area (Å²) in [7, 11) is 0. The van der Waals surface area contributed by atoms with Gasteiger partial charge in [0.2, 0.25) is 0 Å². The zero-order valence-corrected chi connectivity index (χ0v) is 32.5. The van der Waals surface area contributed by atoms with Crippen LogP contribution in [-0.4, -0.2) is 16.2 Å². The number of pyridine rings is 1. The maximum atomic E-state index is 9.07. The normalized spacial score (nSPS) is 15.1. The van der Waals surface area contributed by atoms with Crippen molar-refractivity contribution in [2.45, 2.75) is 59.2 Å². The summed E-state index contributed by atoms with van der Waals surface area (Å²) >= 11 is 0. The first kappa shape index (κ1) is 28.1. The fourth-order valence-corrected chi connectivity index (χ4v) is 7.56. The number of para-hydroxylation sites is 3. The Labute approximate surface area is 340 Å². The average molecular weight is 740 g/mol. The van der Waals surface area contributed by atoms with E-state index in [0.717, 1.165) is 22.7 Å². The molecular weight excluding hydrogens is 685 g/mol. The molecule has 0 atom stereocenters. The number of aromatic nitrogens is 2. The summed E-state index contributed by atoms with van der Waals surface area (Å²) in [5.41, 5.74) is 8.70. The maximum Gasteiger partial charge on any atom is 0.138 e. The van der Waals surface area contributed by atoms with Crippen LogP contribution in [0.15, 0.2) is 152 Å². The predicted molar refractivity (Wildman–Crippen MR) is 235 cm³/mol. The van der Waals surface area contributed by atoms with Crippen molar-refractivity contribution in [3.05, 3.63) is 168 Å². The van der Waals surface area contributed by atoms with Gasteiger partial charge in [0, 0.05) is 44.6 Å². The van der Waals surface area contributed by atoms with Gasteiger partial charge in [-0.25, -0.2) is 4.98 Å². The van der Waals surface area contributed by atoms with Gasteiger partial charge >= 0.3 is 0 Å². The first-order chi connectivity index (χ1) is 29.8. The number of hydrogen-bond acceptors (Lipinski definition) is 4. The van der Waals surface area contributed by atoms with Gasteiger partial charge in [0.05, 0.1) is 27.9 Å². The molecule has 1 aliphatic rings. The van der Waals surface area contributed by atoms with Crippen molar-refractivity contribution in [1.82, 2.24) is 9.55 Å². The van der Waals surface area contributed by atoms with Crippen molar-refractivity contribution in [1.29, 1.82) is 0 Å². The molecule has 5 heteroatoms. The summed E-state index contributed by atoms with van der Waals surface area (Å²) < 4.78 is 68.4. The fourth-order valence-electron chi connectivity index (χ4n) is 7.56. The lowest BCUT2D eigenvalue weighted by atomic mass is 9.80. The number of ether oxygens (including phenoxy) is 1. The summed E-state index contributed by atoms with van der Waals surface area (Å²) in [6.45, 7) is 11.7. The largest absolute Gasteiger partial charge is 0.457 e. The Kier molecular flexibility index (Phi) is 6.76. The molecule has 0 saturated carbocycles. The highest BCUT2D eigenvalue weighted by atomic mass is 16.5. The molecule has 0 N–H and O–H groups in total. The standard InChI is InChI=1S/C51H48N4O/c1-34-32-52-49(31-44(34)35-16-9-8-10-17-35)55-45-21-12-11-20-42(45)43-25-24-41(30-48(43)55)56-40-19-15-18-38(29-40)53-33-54(47-23-14-13-22-46(47)53)39-27-36(50(2,3)4)26-37(28-39)51(5,6)7/h8-32H,33H2,1-7H3/i1D3,11D,12D,20D,21D. The van der Waals surface area contributed by atoms with Crippen LogP contribution in [0.1, 0.15) is 67.8 Å². The number of fused-ring (bicyclic) bond motifs is 4. The Morgan fingerprint density at radius 3 is 2.02 bits per heavy atom. The van der Waals surface area contributed by atoms with Gasteiger partial charge in [-0.15, -0.1) is 0 Å². The summed E-state index contributed by atoms with van der Waals surface area (Å²) in [4.78, 5) is 9.30. The number of aryl methyl sites for hydroxylation is 1. The minimum atomic E-state index is -2.46. The molecule has 0 bridgehead atoms. The van der Waals surface area contributed by atoms with Crippen molar-refractivity contribution >= 4 is 44.6 Å². The summed E-state index contributed by atoms with van der Waals surface area (Å²) in [5.74, 6) is 1.36. The lowest BCUT2D eigenvalue weighted by Crippen LogP contribution is -2.25. The van der Waals surface area contributed by atoms with Crippen LogP contribution in [0.2, 0.25) is 0 Å². The second-order valence-corrected chi connectivity index (χ2v) is 16.5. The maximum absolute atomic E-state index is 9.07. The van der Waals surface area contributed by atoms with Crippen LogP contribution in [0.3, 0.4) is 0 Å². The number of rotatable bonds is 6. The molecule has 2 aromatic heterocycles. The van der Waals surface area contributed by atoms with E-state index < -0.39 is 6.85 Å². The molecule has 0 unspecified atom stereocenters. The first-order valence-corrected chi connectivity index (χ1v) is 19.0. The number of benzene rings is 6. The van der Waals surface area contributed by atoms with Crippen LogP contribution in [0, 0.1) is 6.85 Å². The minimum absolute atomic E-state index is 0.0357. The van der Waals surface area contributed by atoms with E-state index in [1.807, 2.05) is 48.5 Å². The van der Waals surface area contributed by atoms with Crippen LogP contribution in [-0.2, 0) is 10.8 Å². The summed E-state index contributed by atoms with van der Waals surface area (Å²) in [5, 5.41) is 0.896. The summed E-state index contributed by atoms with van der Waals surface area (Å²) in [6.07, 6.45) is 1.34. The average Bonchev–Trinajstić information content (AvgIpc) is 3.81. The molecule has 56 heavy (non-hydrogen) atoms. The molecule has 3 heterocycles. The van der Waals surface area contributed by atoms with E-state index >= 15 is 0 Å². The monoisotopic (exact) mass is 739 g/mol. The Balaban J connectivity index is 1.14. The molecule has 8 aromatic rings. The fraction of sp³-hybridized carbons (Fsp3) is 0.196.